The van der Waals surface area contributed by atoms with Gasteiger partial charge in [-0.3, -0.25) is 4.68 Å². The Morgan fingerprint density at radius 3 is 2.67 bits per heavy atom. The van der Waals surface area contributed by atoms with Crippen LogP contribution in [0.3, 0.4) is 0 Å². The van der Waals surface area contributed by atoms with Gasteiger partial charge in [0.2, 0.25) is 11.7 Å². The quantitative estimate of drug-likeness (QED) is 0.883. The smallest absolute Gasteiger partial charge is 0.227 e. The zero-order valence-corrected chi connectivity index (χ0v) is 13.3. The van der Waals surface area contributed by atoms with Gasteiger partial charge in [0, 0.05) is 19.7 Å². The Labute approximate surface area is 125 Å². The van der Waals surface area contributed by atoms with Gasteiger partial charge in [-0.2, -0.15) is 10.1 Å². The van der Waals surface area contributed by atoms with E-state index in [4.69, 9.17) is 10.3 Å². The Bertz CT molecular complexity index is 567. The van der Waals surface area contributed by atoms with Gasteiger partial charge < -0.3 is 10.3 Å². The molecule has 0 aliphatic heterocycles. The summed E-state index contributed by atoms with van der Waals surface area (Å²) in [5.74, 6) is 1.77. The van der Waals surface area contributed by atoms with E-state index in [0.29, 0.717) is 24.2 Å². The van der Waals surface area contributed by atoms with Crippen LogP contribution < -0.4 is 5.73 Å². The summed E-state index contributed by atoms with van der Waals surface area (Å²) in [5, 5.41) is 8.27. The Kier molecular flexibility index (Phi) is 4.77. The van der Waals surface area contributed by atoms with Crippen LogP contribution in [0.1, 0.15) is 39.5 Å². The Morgan fingerprint density at radius 2 is 2.10 bits per heavy atom. The fourth-order valence-electron chi connectivity index (χ4n) is 2.50. The predicted molar refractivity (Wildman–Crippen MR) is 81.4 cm³/mol. The maximum Gasteiger partial charge on any atom is 0.227 e. The van der Waals surface area contributed by atoms with Crippen molar-refractivity contribution >= 4 is 0 Å². The van der Waals surface area contributed by atoms with Crippen molar-refractivity contribution in [3.8, 4) is 11.5 Å². The SMILES string of the molecule is Cn1ccc(-c2noc(CCC(CCN)C(C)(C)C)n2)n1. The van der Waals surface area contributed by atoms with Gasteiger partial charge in [0.05, 0.1) is 0 Å². The minimum atomic E-state index is 0.239. The summed E-state index contributed by atoms with van der Waals surface area (Å²) in [6, 6.07) is 1.88. The van der Waals surface area contributed by atoms with Crippen LogP contribution >= 0.6 is 0 Å². The second-order valence-corrected chi connectivity index (χ2v) is 6.57. The highest BCUT2D eigenvalue weighted by molar-refractivity contribution is 5.46. The van der Waals surface area contributed by atoms with Crippen LogP contribution in [0.4, 0.5) is 0 Å². The van der Waals surface area contributed by atoms with Crippen LogP contribution in [0.2, 0.25) is 0 Å². The van der Waals surface area contributed by atoms with E-state index in [1.54, 1.807) is 4.68 Å². The second-order valence-electron chi connectivity index (χ2n) is 6.57. The molecular formula is C15H25N5O. The molecule has 2 heterocycles. The molecule has 2 N–H and O–H groups in total. The molecule has 6 heteroatoms. The molecule has 0 aliphatic carbocycles. The van der Waals surface area contributed by atoms with E-state index in [2.05, 4.69) is 36.0 Å². The van der Waals surface area contributed by atoms with Gasteiger partial charge >= 0.3 is 0 Å². The second kappa shape index (κ2) is 6.39. The van der Waals surface area contributed by atoms with Crippen molar-refractivity contribution in [3.63, 3.8) is 0 Å². The third-order valence-corrected chi connectivity index (χ3v) is 3.86. The molecule has 2 aromatic rings. The van der Waals surface area contributed by atoms with Gasteiger partial charge in [0.15, 0.2) is 0 Å². The molecule has 2 aromatic heterocycles. The number of aromatic nitrogens is 4. The first-order valence-corrected chi connectivity index (χ1v) is 7.43. The fourth-order valence-corrected chi connectivity index (χ4v) is 2.50. The first-order valence-electron chi connectivity index (χ1n) is 7.43. The number of nitrogens with zero attached hydrogens (tertiary/aromatic N) is 4. The number of hydrogen-bond acceptors (Lipinski definition) is 5. The lowest BCUT2D eigenvalue weighted by molar-refractivity contribution is 0.208. The molecule has 0 saturated carbocycles. The van der Waals surface area contributed by atoms with Crippen LogP contribution in [-0.2, 0) is 13.5 Å². The van der Waals surface area contributed by atoms with Crippen LogP contribution in [0.25, 0.3) is 11.5 Å². The molecule has 21 heavy (non-hydrogen) atoms. The Hall–Kier alpha value is -1.69. The molecule has 0 aromatic carbocycles. The standard InChI is InChI=1S/C15H25N5O/c1-15(2,3)11(7-9-16)5-6-13-17-14(19-21-13)12-8-10-20(4)18-12/h8,10-11H,5-7,9,16H2,1-4H3. The summed E-state index contributed by atoms with van der Waals surface area (Å²) >= 11 is 0. The average Bonchev–Trinajstić information content (AvgIpc) is 3.01. The van der Waals surface area contributed by atoms with Crippen molar-refractivity contribution in [1.29, 1.82) is 0 Å². The highest BCUT2D eigenvalue weighted by Gasteiger charge is 2.24. The monoisotopic (exact) mass is 291 g/mol. The van der Waals surface area contributed by atoms with Gasteiger partial charge in [-0.15, -0.1) is 0 Å². The lowest BCUT2D eigenvalue weighted by atomic mass is 9.76. The van der Waals surface area contributed by atoms with Gasteiger partial charge in [0.1, 0.15) is 5.69 Å². The first kappa shape index (κ1) is 15.7. The molecule has 0 amide bonds. The van der Waals surface area contributed by atoms with E-state index < -0.39 is 0 Å². The maximum atomic E-state index is 5.72. The van der Waals surface area contributed by atoms with E-state index in [1.165, 1.54) is 0 Å². The molecule has 0 radical (unpaired) electrons. The number of rotatable bonds is 6. The summed E-state index contributed by atoms with van der Waals surface area (Å²) in [6.07, 6.45) is 4.67. The molecule has 0 spiro atoms. The van der Waals surface area contributed by atoms with E-state index in [1.807, 2.05) is 19.3 Å². The summed E-state index contributed by atoms with van der Waals surface area (Å²) in [6.45, 7) is 7.46. The Balaban J connectivity index is 1.99. The molecule has 0 aliphatic rings. The zero-order chi connectivity index (χ0) is 15.5. The van der Waals surface area contributed by atoms with Gasteiger partial charge in [-0.1, -0.05) is 25.9 Å². The minimum absolute atomic E-state index is 0.239. The molecule has 1 unspecified atom stereocenters. The average molecular weight is 291 g/mol. The lowest BCUT2D eigenvalue weighted by Crippen LogP contribution is -2.24. The van der Waals surface area contributed by atoms with Gasteiger partial charge in [0.25, 0.3) is 0 Å². The normalized spacial score (nSPS) is 13.6. The summed E-state index contributed by atoms with van der Waals surface area (Å²) in [5.41, 5.74) is 6.69. The highest BCUT2D eigenvalue weighted by Crippen LogP contribution is 2.32. The van der Waals surface area contributed by atoms with Gasteiger partial charge in [-0.25, -0.2) is 0 Å². The molecule has 6 nitrogen and oxygen atoms in total. The van der Waals surface area contributed by atoms with Crippen molar-refractivity contribution in [2.45, 2.75) is 40.0 Å². The predicted octanol–water partition coefficient (Wildman–Crippen LogP) is 2.41. The van der Waals surface area contributed by atoms with Crippen molar-refractivity contribution in [3.05, 3.63) is 18.2 Å². The molecule has 0 fully saturated rings. The molecule has 1 atom stereocenters. The van der Waals surface area contributed by atoms with E-state index in [9.17, 15) is 0 Å². The minimum Gasteiger partial charge on any atom is -0.339 e. The van der Waals surface area contributed by atoms with Crippen LogP contribution in [0.5, 0.6) is 0 Å². The first-order chi connectivity index (χ1) is 9.90. The van der Waals surface area contributed by atoms with E-state index in [0.717, 1.165) is 25.0 Å². The highest BCUT2D eigenvalue weighted by atomic mass is 16.5. The lowest BCUT2D eigenvalue weighted by Gasteiger charge is -2.30. The van der Waals surface area contributed by atoms with Crippen molar-refractivity contribution in [2.75, 3.05) is 6.54 Å². The molecular weight excluding hydrogens is 266 g/mol. The van der Waals surface area contributed by atoms with E-state index >= 15 is 0 Å². The molecule has 0 bridgehead atoms. The maximum absolute atomic E-state index is 5.72. The molecule has 2 rings (SSSR count). The molecule has 0 saturated heterocycles. The van der Waals surface area contributed by atoms with Gasteiger partial charge in [-0.05, 0) is 36.8 Å². The largest absolute Gasteiger partial charge is 0.339 e. The zero-order valence-electron chi connectivity index (χ0n) is 13.3. The van der Waals surface area contributed by atoms with Crippen LogP contribution in [0.15, 0.2) is 16.8 Å². The Morgan fingerprint density at radius 1 is 1.33 bits per heavy atom. The van der Waals surface area contributed by atoms with Crippen molar-refractivity contribution < 1.29 is 4.52 Å². The van der Waals surface area contributed by atoms with E-state index in [-0.39, 0.29) is 5.41 Å². The number of nitrogens with two attached hydrogens (primary N) is 1. The summed E-state index contributed by atoms with van der Waals surface area (Å²) in [7, 11) is 1.87. The molecule has 116 valence electrons. The number of aryl methyl sites for hydroxylation is 2. The third-order valence-electron chi connectivity index (χ3n) is 3.86. The topological polar surface area (TPSA) is 82.8 Å². The summed E-state index contributed by atoms with van der Waals surface area (Å²) < 4.78 is 7.05. The summed E-state index contributed by atoms with van der Waals surface area (Å²) in [4.78, 5) is 4.42. The van der Waals surface area contributed by atoms with Crippen LogP contribution in [-0.4, -0.2) is 26.5 Å². The van der Waals surface area contributed by atoms with Crippen molar-refractivity contribution in [2.24, 2.45) is 24.1 Å². The van der Waals surface area contributed by atoms with Crippen LogP contribution in [0, 0.1) is 11.3 Å². The number of hydrogen-bond donors (Lipinski definition) is 1. The van der Waals surface area contributed by atoms with Crippen molar-refractivity contribution in [1.82, 2.24) is 19.9 Å². The third kappa shape index (κ3) is 4.14. The fraction of sp³-hybridized carbons (Fsp3) is 0.667.